The van der Waals surface area contributed by atoms with Gasteiger partial charge in [0.25, 0.3) is 0 Å². The third kappa shape index (κ3) is 2.81. The van der Waals surface area contributed by atoms with Crippen molar-refractivity contribution >= 4 is 22.7 Å². The Bertz CT molecular complexity index is 494. The summed E-state index contributed by atoms with van der Waals surface area (Å²) >= 11 is 5.96. The zero-order valence-corrected chi connectivity index (χ0v) is 12.4. The van der Waals surface area contributed by atoms with Crippen LogP contribution in [0.25, 0.3) is 0 Å². The van der Waals surface area contributed by atoms with Crippen molar-refractivity contribution in [1.29, 1.82) is 0 Å². The van der Waals surface area contributed by atoms with E-state index in [1.54, 1.807) is 7.05 Å². The molecular weight excluding hydrogens is 258 g/mol. The van der Waals surface area contributed by atoms with Gasteiger partial charge in [0.15, 0.2) is 0 Å². The van der Waals surface area contributed by atoms with Crippen LogP contribution in [0.15, 0.2) is 46.1 Å². The standard InChI is InChI=1S/C15H20ClN3/c1-10(2)13-9-11(3)14(18-15(16)17-4)19(13)12-7-5-6-8-12/h9,12H,1,3,5-8H2,2,4H3/b17-15?,18-14+. The summed E-state index contributed by atoms with van der Waals surface area (Å²) in [4.78, 5) is 10.5. The van der Waals surface area contributed by atoms with Gasteiger partial charge in [-0.3, -0.25) is 4.99 Å². The molecule has 1 fully saturated rings. The number of halogens is 1. The van der Waals surface area contributed by atoms with Gasteiger partial charge in [0.1, 0.15) is 5.84 Å². The molecule has 0 bridgehead atoms. The number of rotatable bonds is 2. The summed E-state index contributed by atoms with van der Waals surface area (Å²) in [5.74, 6) is 0.820. The van der Waals surface area contributed by atoms with Crippen LogP contribution in [0.2, 0.25) is 0 Å². The van der Waals surface area contributed by atoms with Crippen LogP contribution in [0.1, 0.15) is 32.6 Å². The number of aliphatic imine (C=N–C) groups is 2. The molecule has 2 rings (SSSR count). The highest BCUT2D eigenvalue weighted by atomic mass is 35.5. The fourth-order valence-electron chi connectivity index (χ4n) is 2.69. The maximum atomic E-state index is 5.96. The summed E-state index contributed by atoms with van der Waals surface area (Å²) in [5, 5.41) is 0.260. The van der Waals surface area contributed by atoms with Crippen LogP contribution in [0.3, 0.4) is 0 Å². The second-order valence-corrected chi connectivity index (χ2v) is 5.41. The molecular formula is C15H20ClN3. The molecule has 19 heavy (non-hydrogen) atoms. The van der Waals surface area contributed by atoms with Crippen molar-refractivity contribution in [2.45, 2.75) is 38.6 Å². The fourth-order valence-corrected chi connectivity index (χ4v) is 2.77. The molecule has 0 amide bonds. The number of allylic oxidation sites excluding steroid dienone is 1. The zero-order valence-electron chi connectivity index (χ0n) is 11.6. The first-order valence-corrected chi connectivity index (χ1v) is 6.99. The molecule has 0 aromatic heterocycles. The van der Waals surface area contributed by atoms with Crippen molar-refractivity contribution in [1.82, 2.24) is 4.90 Å². The molecule has 1 aliphatic carbocycles. The third-order valence-corrected chi connectivity index (χ3v) is 3.85. The normalized spacial score (nSPS) is 23.4. The van der Waals surface area contributed by atoms with Crippen LogP contribution in [0.5, 0.6) is 0 Å². The molecule has 0 N–H and O–H groups in total. The lowest BCUT2D eigenvalue weighted by Gasteiger charge is -2.29. The largest absolute Gasteiger partial charge is 0.322 e. The van der Waals surface area contributed by atoms with E-state index in [2.05, 4.69) is 28.0 Å². The Labute approximate surface area is 120 Å². The second kappa shape index (κ2) is 5.74. The predicted molar refractivity (Wildman–Crippen MR) is 82.8 cm³/mol. The maximum Gasteiger partial charge on any atom is 0.219 e. The summed E-state index contributed by atoms with van der Waals surface area (Å²) in [6, 6.07) is 0.474. The van der Waals surface area contributed by atoms with Crippen molar-refractivity contribution in [3.63, 3.8) is 0 Å². The van der Waals surface area contributed by atoms with E-state index >= 15 is 0 Å². The minimum atomic E-state index is 0.260. The average Bonchev–Trinajstić information content (AvgIpc) is 2.98. The molecule has 4 heteroatoms. The summed E-state index contributed by atoms with van der Waals surface area (Å²) in [5.41, 5.74) is 3.02. The number of amidine groups is 2. The van der Waals surface area contributed by atoms with Crippen molar-refractivity contribution in [2.75, 3.05) is 7.05 Å². The maximum absolute atomic E-state index is 5.96. The molecule has 0 saturated heterocycles. The summed E-state index contributed by atoms with van der Waals surface area (Å²) in [6.07, 6.45) is 6.93. The quantitative estimate of drug-likeness (QED) is 0.428. The first-order valence-electron chi connectivity index (χ1n) is 6.61. The van der Waals surface area contributed by atoms with Crippen molar-refractivity contribution < 1.29 is 0 Å². The Morgan fingerprint density at radius 1 is 1.42 bits per heavy atom. The Balaban J connectivity index is 2.39. The van der Waals surface area contributed by atoms with Gasteiger partial charge >= 0.3 is 0 Å². The Morgan fingerprint density at radius 2 is 2.05 bits per heavy atom. The Hall–Kier alpha value is -1.35. The molecule has 0 spiro atoms. The van der Waals surface area contributed by atoms with Crippen molar-refractivity contribution in [2.24, 2.45) is 9.98 Å². The van der Waals surface area contributed by atoms with Crippen LogP contribution in [0, 0.1) is 0 Å². The second-order valence-electron chi connectivity index (χ2n) is 5.07. The van der Waals surface area contributed by atoms with Gasteiger partial charge in [0.2, 0.25) is 5.29 Å². The van der Waals surface area contributed by atoms with E-state index in [1.807, 2.05) is 13.0 Å². The highest BCUT2D eigenvalue weighted by Crippen LogP contribution is 2.34. The van der Waals surface area contributed by atoms with Gasteiger partial charge in [-0.1, -0.05) is 26.0 Å². The highest BCUT2D eigenvalue weighted by Gasteiger charge is 2.33. The van der Waals surface area contributed by atoms with Gasteiger partial charge in [-0.15, -0.1) is 0 Å². The molecule has 1 aliphatic heterocycles. The average molecular weight is 278 g/mol. The fraction of sp³-hybridized carbons (Fsp3) is 0.467. The SMILES string of the molecule is C=C(C)C1=CC(=C)/C(=N\C(Cl)=NC)N1C1CCCC1. The van der Waals surface area contributed by atoms with Crippen LogP contribution < -0.4 is 0 Å². The lowest BCUT2D eigenvalue weighted by atomic mass is 10.1. The molecule has 3 nitrogen and oxygen atoms in total. The first kappa shape index (κ1) is 14.1. The van der Waals surface area contributed by atoms with Crippen LogP contribution in [-0.2, 0) is 0 Å². The number of hydrogen-bond acceptors (Lipinski definition) is 1. The minimum Gasteiger partial charge on any atom is -0.322 e. The molecule has 0 radical (unpaired) electrons. The van der Waals surface area contributed by atoms with E-state index in [4.69, 9.17) is 11.6 Å². The molecule has 102 valence electrons. The van der Waals surface area contributed by atoms with E-state index in [0.29, 0.717) is 6.04 Å². The molecule has 0 aromatic carbocycles. The number of hydrogen-bond donors (Lipinski definition) is 0. The van der Waals surface area contributed by atoms with Crippen LogP contribution in [-0.4, -0.2) is 29.1 Å². The molecule has 1 heterocycles. The Kier molecular flexibility index (Phi) is 4.25. The van der Waals surface area contributed by atoms with Gasteiger partial charge in [0.05, 0.1) is 0 Å². The molecule has 2 aliphatic rings. The van der Waals surface area contributed by atoms with Gasteiger partial charge in [-0.05, 0) is 43.0 Å². The summed E-state index contributed by atoms with van der Waals surface area (Å²) < 4.78 is 0. The van der Waals surface area contributed by atoms with E-state index in [-0.39, 0.29) is 5.29 Å². The molecule has 0 aromatic rings. The van der Waals surface area contributed by atoms with Crippen LogP contribution >= 0.6 is 11.6 Å². The predicted octanol–water partition coefficient (Wildman–Crippen LogP) is 3.88. The molecule has 0 atom stereocenters. The van der Waals surface area contributed by atoms with E-state index in [9.17, 15) is 0 Å². The van der Waals surface area contributed by atoms with E-state index < -0.39 is 0 Å². The third-order valence-electron chi connectivity index (χ3n) is 3.60. The van der Waals surface area contributed by atoms with Crippen molar-refractivity contribution in [3.05, 3.63) is 36.1 Å². The lowest BCUT2D eigenvalue weighted by molar-refractivity contribution is 0.392. The summed E-state index contributed by atoms with van der Waals surface area (Å²) in [7, 11) is 1.64. The highest BCUT2D eigenvalue weighted by molar-refractivity contribution is 6.65. The molecule has 0 unspecified atom stereocenters. The smallest absolute Gasteiger partial charge is 0.219 e. The summed E-state index contributed by atoms with van der Waals surface area (Å²) in [6.45, 7) is 10.1. The lowest BCUT2D eigenvalue weighted by Crippen LogP contribution is -2.35. The van der Waals surface area contributed by atoms with Crippen LogP contribution in [0.4, 0.5) is 0 Å². The molecule has 1 saturated carbocycles. The van der Waals surface area contributed by atoms with Gasteiger partial charge in [0, 0.05) is 24.4 Å². The Morgan fingerprint density at radius 3 is 2.58 bits per heavy atom. The number of nitrogens with zero attached hydrogens (tertiary/aromatic N) is 3. The first-order chi connectivity index (χ1) is 9.04. The zero-order chi connectivity index (χ0) is 14.0. The van der Waals surface area contributed by atoms with Gasteiger partial charge in [-0.2, -0.15) is 0 Å². The van der Waals surface area contributed by atoms with E-state index in [0.717, 1.165) is 22.7 Å². The van der Waals surface area contributed by atoms with Gasteiger partial charge in [-0.25, -0.2) is 4.99 Å². The topological polar surface area (TPSA) is 28.0 Å². The van der Waals surface area contributed by atoms with E-state index in [1.165, 1.54) is 25.7 Å². The monoisotopic (exact) mass is 277 g/mol. The minimum absolute atomic E-state index is 0.260. The van der Waals surface area contributed by atoms with Gasteiger partial charge < -0.3 is 4.90 Å². The van der Waals surface area contributed by atoms with Crippen molar-refractivity contribution in [3.8, 4) is 0 Å².